The zero-order valence-electron chi connectivity index (χ0n) is 7.78. The first-order chi connectivity index (χ1) is 4.72. The number of hydrogen-bond acceptors (Lipinski definition) is 1. The molecule has 0 aromatic rings. The molecule has 0 aromatic heterocycles. The molecule has 0 radical (unpaired) electrons. The minimum absolute atomic E-state index is 0.823. The Morgan fingerprint density at radius 1 is 1.20 bits per heavy atom. The highest BCUT2D eigenvalue weighted by Crippen LogP contribution is 2.12. The van der Waals surface area contributed by atoms with Gasteiger partial charge in [-0.25, -0.2) is 0 Å². The van der Waals surface area contributed by atoms with Gasteiger partial charge in [0.15, 0.2) is 0 Å². The van der Waals surface area contributed by atoms with E-state index in [1.54, 1.807) is 0 Å². The quantitative estimate of drug-likeness (QED) is 0.622. The summed E-state index contributed by atoms with van der Waals surface area (Å²) < 4.78 is 0. The molecule has 0 aromatic carbocycles. The zero-order chi connectivity index (χ0) is 7.98. The second-order valence-electron chi connectivity index (χ2n) is 3.22. The summed E-state index contributed by atoms with van der Waals surface area (Å²) in [5.41, 5.74) is 0. The molecule has 0 amide bonds. The first-order valence-corrected chi connectivity index (χ1v) is 4.43. The summed E-state index contributed by atoms with van der Waals surface area (Å²) in [6.07, 6.45) is 1.30. The molecule has 0 saturated heterocycles. The summed E-state index contributed by atoms with van der Waals surface area (Å²) >= 11 is 0. The first-order valence-electron chi connectivity index (χ1n) is 4.43. The van der Waals surface area contributed by atoms with Crippen molar-refractivity contribution in [3.63, 3.8) is 0 Å². The van der Waals surface area contributed by atoms with Crippen LogP contribution in [0.2, 0.25) is 0 Å². The van der Waals surface area contributed by atoms with Crippen molar-refractivity contribution in [1.29, 1.82) is 0 Å². The molecule has 0 aliphatic carbocycles. The molecular weight excluding hydrogens is 122 g/mol. The predicted molar refractivity (Wildman–Crippen MR) is 47.2 cm³/mol. The third kappa shape index (κ3) is 3.89. The van der Waals surface area contributed by atoms with Gasteiger partial charge in [-0.15, -0.1) is 0 Å². The van der Waals surface area contributed by atoms with E-state index in [2.05, 4.69) is 33.0 Å². The van der Waals surface area contributed by atoms with Gasteiger partial charge < -0.3 is 5.32 Å². The Hall–Kier alpha value is -0.0400. The molecule has 0 aliphatic rings. The molecule has 1 heteroatoms. The Morgan fingerprint density at radius 3 is 2.10 bits per heavy atom. The first kappa shape index (κ1) is 9.96. The molecule has 1 unspecified atom stereocenters. The molecule has 0 heterocycles. The van der Waals surface area contributed by atoms with Gasteiger partial charge in [-0.3, -0.25) is 0 Å². The molecular formula is C9H21N. The van der Waals surface area contributed by atoms with E-state index in [0.717, 1.165) is 18.4 Å². The van der Waals surface area contributed by atoms with E-state index < -0.39 is 0 Å². The van der Waals surface area contributed by atoms with Crippen LogP contribution in [0.15, 0.2) is 0 Å². The van der Waals surface area contributed by atoms with Crippen LogP contribution in [-0.4, -0.2) is 13.1 Å². The van der Waals surface area contributed by atoms with Gasteiger partial charge in [0, 0.05) is 0 Å². The van der Waals surface area contributed by atoms with Crippen LogP contribution in [0.5, 0.6) is 0 Å². The molecule has 1 nitrogen and oxygen atoms in total. The Balaban J connectivity index is 3.40. The van der Waals surface area contributed by atoms with Crippen LogP contribution in [0, 0.1) is 11.8 Å². The molecule has 0 spiro atoms. The average Bonchev–Trinajstić information content (AvgIpc) is 1.89. The molecule has 0 saturated carbocycles. The Bertz CT molecular complexity index is 69.1. The van der Waals surface area contributed by atoms with Crippen LogP contribution in [-0.2, 0) is 0 Å². The van der Waals surface area contributed by atoms with Crippen LogP contribution >= 0.6 is 0 Å². The fourth-order valence-electron chi connectivity index (χ4n) is 1.18. The highest BCUT2D eigenvalue weighted by Gasteiger charge is 2.08. The SMILES string of the molecule is CCNCC(CC)C(C)C. The van der Waals surface area contributed by atoms with Crippen molar-refractivity contribution in [3.05, 3.63) is 0 Å². The third-order valence-corrected chi connectivity index (χ3v) is 2.12. The van der Waals surface area contributed by atoms with Gasteiger partial charge in [0.1, 0.15) is 0 Å². The third-order valence-electron chi connectivity index (χ3n) is 2.12. The largest absolute Gasteiger partial charge is 0.317 e. The van der Waals surface area contributed by atoms with E-state index in [0.29, 0.717) is 0 Å². The van der Waals surface area contributed by atoms with Crippen LogP contribution in [0.4, 0.5) is 0 Å². The normalized spacial score (nSPS) is 14.1. The van der Waals surface area contributed by atoms with Crippen LogP contribution in [0.1, 0.15) is 34.1 Å². The lowest BCUT2D eigenvalue weighted by molar-refractivity contribution is 0.355. The molecule has 0 fully saturated rings. The maximum atomic E-state index is 3.38. The van der Waals surface area contributed by atoms with Gasteiger partial charge >= 0.3 is 0 Å². The Morgan fingerprint density at radius 2 is 1.80 bits per heavy atom. The molecule has 62 valence electrons. The second kappa shape index (κ2) is 5.72. The van der Waals surface area contributed by atoms with Gasteiger partial charge in [0.2, 0.25) is 0 Å². The van der Waals surface area contributed by atoms with E-state index in [4.69, 9.17) is 0 Å². The Kier molecular flexibility index (Phi) is 5.70. The maximum absolute atomic E-state index is 3.38. The van der Waals surface area contributed by atoms with Crippen molar-refractivity contribution in [2.24, 2.45) is 11.8 Å². The van der Waals surface area contributed by atoms with Crippen molar-refractivity contribution in [2.75, 3.05) is 13.1 Å². The van der Waals surface area contributed by atoms with Crippen LogP contribution in [0.3, 0.4) is 0 Å². The minimum atomic E-state index is 0.823. The molecule has 10 heavy (non-hydrogen) atoms. The fourth-order valence-corrected chi connectivity index (χ4v) is 1.18. The molecule has 1 N–H and O–H groups in total. The standard InChI is InChI=1S/C9H21N/c1-5-9(8(3)4)7-10-6-2/h8-10H,5-7H2,1-4H3. The Labute approximate surface area is 65.2 Å². The summed E-state index contributed by atoms with van der Waals surface area (Å²) in [6, 6.07) is 0. The summed E-state index contributed by atoms with van der Waals surface area (Å²) in [4.78, 5) is 0. The van der Waals surface area contributed by atoms with Gasteiger partial charge in [-0.05, 0) is 24.9 Å². The van der Waals surface area contributed by atoms with Crippen molar-refractivity contribution in [3.8, 4) is 0 Å². The lowest BCUT2D eigenvalue weighted by Gasteiger charge is -2.18. The fraction of sp³-hybridized carbons (Fsp3) is 1.00. The van der Waals surface area contributed by atoms with Gasteiger partial charge in [-0.2, -0.15) is 0 Å². The lowest BCUT2D eigenvalue weighted by Crippen LogP contribution is -2.25. The number of nitrogens with one attached hydrogen (secondary N) is 1. The van der Waals surface area contributed by atoms with E-state index in [1.807, 2.05) is 0 Å². The predicted octanol–water partition coefficient (Wildman–Crippen LogP) is 2.28. The molecule has 0 rings (SSSR count). The smallest absolute Gasteiger partial charge is 0.00183 e. The van der Waals surface area contributed by atoms with E-state index >= 15 is 0 Å². The van der Waals surface area contributed by atoms with Gasteiger partial charge in [0.05, 0.1) is 0 Å². The summed E-state index contributed by atoms with van der Waals surface area (Å²) in [7, 11) is 0. The molecule has 0 bridgehead atoms. The van der Waals surface area contributed by atoms with Gasteiger partial charge in [0.25, 0.3) is 0 Å². The van der Waals surface area contributed by atoms with Crippen LogP contribution in [0.25, 0.3) is 0 Å². The molecule has 1 atom stereocenters. The van der Waals surface area contributed by atoms with Crippen molar-refractivity contribution in [2.45, 2.75) is 34.1 Å². The zero-order valence-corrected chi connectivity index (χ0v) is 7.78. The van der Waals surface area contributed by atoms with Crippen molar-refractivity contribution in [1.82, 2.24) is 5.32 Å². The van der Waals surface area contributed by atoms with E-state index in [-0.39, 0.29) is 0 Å². The number of rotatable bonds is 5. The minimum Gasteiger partial charge on any atom is -0.317 e. The maximum Gasteiger partial charge on any atom is -0.00183 e. The second-order valence-corrected chi connectivity index (χ2v) is 3.22. The van der Waals surface area contributed by atoms with Crippen molar-refractivity contribution >= 4 is 0 Å². The summed E-state index contributed by atoms with van der Waals surface area (Å²) in [5, 5.41) is 3.38. The van der Waals surface area contributed by atoms with Crippen LogP contribution < -0.4 is 5.32 Å². The average molecular weight is 143 g/mol. The van der Waals surface area contributed by atoms with E-state index in [9.17, 15) is 0 Å². The topological polar surface area (TPSA) is 12.0 Å². The number of hydrogen-bond donors (Lipinski definition) is 1. The highest BCUT2D eigenvalue weighted by molar-refractivity contribution is 4.63. The van der Waals surface area contributed by atoms with Crippen molar-refractivity contribution < 1.29 is 0 Å². The summed E-state index contributed by atoms with van der Waals surface area (Å²) in [5.74, 6) is 1.68. The molecule has 0 aliphatic heterocycles. The highest BCUT2D eigenvalue weighted by atomic mass is 14.8. The van der Waals surface area contributed by atoms with E-state index in [1.165, 1.54) is 13.0 Å². The van der Waals surface area contributed by atoms with Gasteiger partial charge in [-0.1, -0.05) is 34.1 Å². The summed E-state index contributed by atoms with van der Waals surface area (Å²) in [6.45, 7) is 11.3. The monoisotopic (exact) mass is 143 g/mol. The lowest BCUT2D eigenvalue weighted by atomic mass is 9.93.